The standard InChI is InChI=1S/C15H20N2O2/c1-10-5-12-8-16-9-14(12)17(10)15(19)7-11-3-2-4-13(18)6-11/h2-4,6,10,12,14,16,18H,5,7-9H2,1H3. The van der Waals surface area contributed by atoms with Crippen molar-refractivity contribution in [2.24, 2.45) is 5.92 Å². The van der Waals surface area contributed by atoms with Gasteiger partial charge >= 0.3 is 0 Å². The number of aromatic hydroxyl groups is 1. The highest BCUT2D eigenvalue weighted by Gasteiger charge is 2.43. The van der Waals surface area contributed by atoms with Crippen molar-refractivity contribution in [1.29, 1.82) is 0 Å². The van der Waals surface area contributed by atoms with Crippen LogP contribution in [0.3, 0.4) is 0 Å². The molecule has 1 aromatic carbocycles. The number of phenols is 1. The summed E-state index contributed by atoms with van der Waals surface area (Å²) in [5.74, 6) is 1.01. The first-order valence-corrected chi connectivity index (χ1v) is 6.95. The number of fused-ring (bicyclic) bond motifs is 1. The van der Waals surface area contributed by atoms with Crippen molar-refractivity contribution < 1.29 is 9.90 Å². The third-order valence-corrected chi connectivity index (χ3v) is 4.33. The Kier molecular flexibility index (Phi) is 3.19. The van der Waals surface area contributed by atoms with Crippen LogP contribution in [0.4, 0.5) is 0 Å². The fraction of sp³-hybridized carbons (Fsp3) is 0.533. The van der Waals surface area contributed by atoms with Gasteiger partial charge in [-0.15, -0.1) is 0 Å². The van der Waals surface area contributed by atoms with Gasteiger partial charge < -0.3 is 15.3 Å². The van der Waals surface area contributed by atoms with Gasteiger partial charge in [0.2, 0.25) is 5.91 Å². The second kappa shape index (κ2) is 4.85. The van der Waals surface area contributed by atoms with Crippen molar-refractivity contribution in [1.82, 2.24) is 10.2 Å². The second-order valence-electron chi connectivity index (χ2n) is 5.72. The molecule has 2 saturated heterocycles. The van der Waals surface area contributed by atoms with Gasteiger partial charge in [0.1, 0.15) is 5.75 Å². The molecule has 2 fully saturated rings. The molecular weight excluding hydrogens is 240 g/mol. The first-order chi connectivity index (χ1) is 9.15. The van der Waals surface area contributed by atoms with Crippen LogP contribution in [-0.2, 0) is 11.2 Å². The lowest BCUT2D eigenvalue weighted by Gasteiger charge is -2.27. The molecule has 0 aromatic heterocycles. The van der Waals surface area contributed by atoms with Gasteiger partial charge in [0.15, 0.2) is 0 Å². The monoisotopic (exact) mass is 260 g/mol. The maximum Gasteiger partial charge on any atom is 0.227 e. The van der Waals surface area contributed by atoms with Gasteiger partial charge in [-0.2, -0.15) is 0 Å². The Bertz CT molecular complexity index is 489. The lowest BCUT2D eigenvalue weighted by Crippen LogP contribution is -2.43. The summed E-state index contributed by atoms with van der Waals surface area (Å²) in [6.45, 7) is 4.09. The van der Waals surface area contributed by atoms with E-state index in [4.69, 9.17) is 0 Å². The van der Waals surface area contributed by atoms with Crippen LogP contribution in [0.25, 0.3) is 0 Å². The average molecular weight is 260 g/mol. The van der Waals surface area contributed by atoms with Crippen molar-refractivity contribution in [2.75, 3.05) is 13.1 Å². The first-order valence-electron chi connectivity index (χ1n) is 6.95. The summed E-state index contributed by atoms with van der Waals surface area (Å²) >= 11 is 0. The number of nitrogens with zero attached hydrogens (tertiary/aromatic N) is 1. The molecule has 3 rings (SSSR count). The summed E-state index contributed by atoms with van der Waals surface area (Å²) in [7, 11) is 0. The molecule has 0 saturated carbocycles. The third kappa shape index (κ3) is 2.32. The molecule has 4 heteroatoms. The number of rotatable bonds is 2. The van der Waals surface area contributed by atoms with Gasteiger partial charge in [0.05, 0.1) is 6.42 Å². The topological polar surface area (TPSA) is 52.6 Å². The fourth-order valence-electron chi connectivity index (χ4n) is 3.53. The lowest BCUT2D eigenvalue weighted by molar-refractivity contribution is -0.133. The van der Waals surface area contributed by atoms with Gasteiger partial charge in [-0.05, 0) is 37.0 Å². The summed E-state index contributed by atoms with van der Waals surface area (Å²) in [6.07, 6.45) is 1.48. The Morgan fingerprint density at radius 2 is 2.32 bits per heavy atom. The Morgan fingerprint density at radius 3 is 3.11 bits per heavy atom. The van der Waals surface area contributed by atoms with Gasteiger partial charge in [0.25, 0.3) is 0 Å². The van der Waals surface area contributed by atoms with Crippen LogP contribution in [0.5, 0.6) is 5.75 Å². The van der Waals surface area contributed by atoms with E-state index < -0.39 is 0 Å². The van der Waals surface area contributed by atoms with Gasteiger partial charge in [-0.25, -0.2) is 0 Å². The van der Waals surface area contributed by atoms with Crippen LogP contribution in [0.2, 0.25) is 0 Å². The van der Waals surface area contributed by atoms with E-state index >= 15 is 0 Å². The van der Waals surface area contributed by atoms with E-state index in [1.165, 1.54) is 0 Å². The van der Waals surface area contributed by atoms with E-state index in [0.717, 1.165) is 25.1 Å². The number of hydrogen-bond acceptors (Lipinski definition) is 3. The maximum absolute atomic E-state index is 12.5. The number of hydrogen-bond donors (Lipinski definition) is 2. The molecule has 1 aromatic rings. The van der Waals surface area contributed by atoms with Crippen molar-refractivity contribution in [3.05, 3.63) is 29.8 Å². The zero-order valence-electron chi connectivity index (χ0n) is 11.2. The van der Waals surface area contributed by atoms with Crippen molar-refractivity contribution >= 4 is 5.91 Å². The van der Waals surface area contributed by atoms with E-state index in [1.807, 2.05) is 6.07 Å². The molecule has 2 aliphatic heterocycles. The first kappa shape index (κ1) is 12.5. The van der Waals surface area contributed by atoms with Crippen LogP contribution in [-0.4, -0.2) is 41.1 Å². The summed E-state index contributed by atoms with van der Waals surface area (Å²) in [6, 6.07) is 7.67. The summed E-state index contributed by atoms with van der Waals surface area (Å²) in [5, 5.41) is 12.8. The molecule has 102 valence electrons. The molecule has 3 atom stereocenters. The quantitative estimate of drug-likeness (QED) is 0.838. The molecule has 0 bridgehead atoms. The molecule has 0 aliphatic carbocycles. The molecule has 4 nitrogen and oxygen atoms in total. The molecule has 2 aliphatic rings. The number of carbonyl (C=O) groups is 1. The number of nitrogens with one attached hydrogen (secondary N) is 1. The number of likely N-dealkylation sites (tertiary alicyclic amines) is 1. The highest BCUT2D eigenvalue weighted by atomic mass is 16.3. The normalized spacial score (nSPS) is 29.5. The Labute approximate surface area is 113 Å². The Morgan fingerprint density at radius 1 is 1.47 bits per heavy atom. The van der Waals surface area contributed by atoms with E-state index in [0.29, 0.717) is 24.4 Å². The molecular formula is C15H20N2O2. The largest absolute Gasteiger partial charge is 0.508 e. The maximum atomic E-state index is 12.5. The zero-order valence-corrected chi connectivity index (χ0v) is 11.2. The summed E-state index contributed by atoms with van der Waals surface area (Å²) < 4.78 is 0. The highest BCUT2D eigenvalue weighted by molar-refractivity contribution is 5.80. The molecule has 1 amide bonds. The minimum atomic E-state index is 0.175. The molecule has 3 unspecified atom stereocenters. The number of benzene rings is 1. The second-order valence-corrected chi connectivity index (χ2v) is 5.72. The predicted molar refractivity (Wildman–Crippen MR) is 72.9 cm³/mol. The minimum absolute atomic E-state index is 0.175. The van der Waals surface area contributed by atoms with Gasteiger partial charge in [-0.1, -0.05) is 12.1 Å². The SMILES string of the molecule is CC1CC2CNCC2N1C(=O)Cc1cccc(O)c1. The van der Waals surface area contributed by atoms with Gasteiger partial charge in [0, 0.05) is 25.2 Å². The average Bonchev–Trinajstić information content (AvgIpc) is 2.88. The van der Waals surface area contributed by atoms with Crippen LogP contribution in [0.15, 0.2) is 24.3 Å². The number of amides is 1. The molecule has 0 spiro atoms. The Hall–Kier alpha value is -1.55. The van der Waals surface area contributed by atoms with Gasteiger partial charge in [-0.3, -0.25) is 4.79 Å². The molecule has 2 N–H and O–H groups in total. The van der Waals surface area contributed by atoms with E-state index in [1.54, 1.807) is 18.2 Å². The molecule has 2 heterocycles. The van der Waals surface area contributed by atoms with E-state index in [2.05, 4.69) is 17.1 Å². The van der Waals surface area contributed by atoms with E-state index in [-0.39, 0.29) is 11.7 Å². The highest BCUT2D eigenvalue weighted by Crippen LogP contribution is 2.32. The fourth-order valence-corrected chi connectivity index (χ4v) is 3.53. The summed E-state index contributed by atoms with van der Waals surface area (Å²) in [5.41, 5.74) is 0.881. The summed E-state index contributed by atoms with van der Waals surface area (Å²) in [4.78, 5) is 14.5. The lowest BCUT2D eigenvalue weighted by atomic mass is 10.0. The van der Waals surface area contributed by atoms with Crippen LogP contribution < -0.4 is 5.32 Å². The van der Waals surface area contributed by atoms with Crippen LogP contribution in [0.1, 0.15) is 18.9 Å². The number of carbonyl (C=O) groups excluding carboxylic acids is 1. The van der Waals surface area contributed by atoms with Crippen molar-refractivity contribution in [3.63, 3.8) is 0 Å². The zero-order chi connectivity index (χ0) is 13.4. The Balaban J connectivity index is 1.73. The van der Waals surface area contributed by atoms with Crippen LogP contribution >= 0.6 is 0 Å². The van der Waals surface area contributed by atoms with Crippen molar-refractivity contribution in [2.45, 2.75) is 31.8 Å². The third-order valence-electron chi connectivity index (χ3n) is 4.33. The van der Waals surface area contributed by atoms with Crippen LogP contribution in [0, 0.1) is 5.92 Å². The van der Waals surface area contributed by atoms with E-state index in [9.17, 15) is 9.90 Å². The molecule has 19 heavy (non-hydrogen) atoms. The minimum Gasteiger partial charge on any atom is -0.508 e. The van der Waals surface area contributed by atoms with Crippen molar-refractivity contribution in [3.8, 4) is 5.75 Å². The number of phenolic OH excluding ortho intramolecular Hbond substituents is 1. The smallest absolute Gasteiger partial charge is 0.227 e. The molecule has 0 radical (unpaired) electrons. The predicted octanol–water partition coefficient (Wildman–Crippen LogP) is 1.14.